The number of fused-ring (bicyclic) bond motifs is 2. The van der Waals surface area contributed by atoms with E-state index in [1.54, 1.807) is 31.2 Å². The Morgan fingerprint density at radius 2 is 1.71 bits per heavy atom. The molecule has 0 saturated carbocycles. The summed E-state index contributed by atoms with van der Waals surface area (Å²) in [6.07, 6.45) is -2.38. The third kappa shape index (κ3) is 8.34. The number of anilines is 4. The molecule has 2 aromatic carbocycles. The topological polar surface area (TPSA) is 249 Å². The lowest BCUT2D eigenvalue weighted by atomic mass is 10.1. The quantitative estimate of drug-likeness (QED) is 0.0975. The van der Waals surface area contributed by atoms with E-state index in [4.69, 9.17) is 11.5 Å². The number of benzene rings is 2. The highest BCUT2D eigenvalue weighted by molar-refractivity contribution is 6.22. The Morgan fingerprint density at radius 3 is 2.40 bits per heavy atom. The molecule has 2 aromatic heterocycles. The molecule has 0 fully saturated rings. The number of hydrogen-bond donors (Lipinski definition) is 5. The SMILES string of the molecule is C[C@H](CCCN1C(=O)c2ccc(NC(=O)CNC(=O)C(F)(F)F)cc2C1=O)NC(=O)c1ccc(N(C=O)Cc2cnc3nc(N)nc(N)c3n2)cc1. The van der Waals surface area contributed by atoms with Crippen molar-refractivity contribution in [1.29, 1.82) is 0 Å². The van der Waals surface area contributed by atoms with E-state index in [0.717, 1.165) is 4.90 Å². The standard InChI is InChI=1S/C32H30F3N11O6/c1-16(3-2-10-46-28(50)21-9-6-18(11-22(21)29(46)51)41-23(48)13-39-30(52)32(33,34)35)40-27(49)17-4-7-20(8-5-17)45(15-47)14-19-12-38-26-24(42-19)25(36)43-31(37)44-26/h4-9,11-12,15-16H,2-3,10,13-14H2,1H3,(H,39,52)(H,40,49)(H,41,48)(H4,36,37,38,43,44)/t16-/m1/s1. The van der Waals surface area contributed by atoms with Crippen LogP contribution in [0.15, 0.2) is 48.7 Å². The Hall–Kier alpha value is -6.73. The average molecular weight is 722 g/mol. The number of nitrogen functional groups attached to an aromatic ring is 2. The number of hydrogen-bond acceptors (Lipinski definition) is 12. The number of rotatable bonds is 13. The number of carbonyl (C=O) groups excluding carboxylic acids is 6. The molecule has 20 heteroatoms. The molecule has 1 atom stereocenters. The van der Waals surface area contributed by atoms with Crippen molar-refractivity contribution in [3.63, 3.8) is 0 Å². The lowest BCUT2D eigenvalue weighted by Crippen LogP contribution is -2.41. The number of imide groups is 1. The molecule has 4 aromatic rings. The molecule has 1 aliphatic rings. The maximum absolute atomic E-state index is 13.0. The number of amides is 6. The molecule has 0 radical (unpaired) electrons. The van der Waals surface area contributed by atoms with Crippen molar-refractivity contribution >= 4 is 70.3 Å². The van der Waals surface area contributed by atoms with E-state index < -0.39 is 36.3 Å². The van der Waals surface area contributed by atoms with Gasteiger partial charge < -0.3 is 32.3 Å². The molecular weight excluding hydrogens is 691 g/mol. The minimum atomic E-state index is -5.15. The van der Waals surface area contributed by atoms with Gasteiger partial charge in [-0.3, -0.25) is 33.7 Å². The molecule has 270 valence electrons. The van der Waals surface area contributed by atoms with Crippen LogP contribution in [0.5, 0.6) is 0 Å². The number of carbonyl (C=O) groups is 6. The monoisotopic (exact) mass is 721 g/mol. The first-order valence-electron chi connectivity index (χ1n) is 15.5. The number of nitrogens with one attached hydrogen (secondary N) is 3. The highest BCUT2D eigenvalue weighted by Crippen LogP contribution is 2.27. The Kier molecular flexibility index (Phi) is 10.6. The van der Waals surface area contributed by atoms with Gasteiger partial charge in [-0.2, -0.15) is 23.1 Å². The zero-order valence-electron chi connectivity index (χ0n) is 27.2. The molecule has 0 spiro atoms. The Bertz CT molecular complexity index is 2080. The van der Waals surface area contributed by atoms with Crippen molar-refractivity contribution < 1.29 is 41.9 Å². The van der Waals surface area contributed by atoms with E-state index in [1.807, 2.05) is 0 Å². The average Bonchev–Trinajstić information content (AvgIpc) is 3.33. The van der Waals surface area contributed by atoms with Gasteiger partial charge in [0.2, 0.25) is 18.3 Å². The molecule has 0 aliphatic carbocycles. The second-order valence-electron chi connectivity index (χ2n) is 11.5. The van der Waals surface area contributed by atoms with Crippen LogP contribution >= 0.6 is 0 Å². The van der Waals surface area contributed by atoms with E-state index in [-0.39, 0.29) is 64.8 Å². The van der Waals surface area contributed by atoms with E-state index >= 15 is 0 Å². The van der Waals surface area contributed by atoms with E-state index in [1.165, 1.54) is 34.6 Å². The number of aromatic nitrogens is 4. The van der Waals surface area contributed by atoms with E-state index in [0.29, 0.717) is 36.2 Å². The zero-order chi connectivity index (χ0) is 37.7. The first-order valence-corrected chi connectivity index (χ1v) is 15.5. The van der Waals surface area contributed by atoms with Gasteiger partial charge in [0.25, 0.3) is 17.7 Å². The maximum Gasteiger partial charge on any atom is 0.471 e. The van der Waals surface area contributed by atoms with Gasteiger partial charge >= 0.3 is 12.1 Å². The first kappa shape index (κ1) is 36.5. The summed E-state index contributed by atoms with van der Waals surface area (Å²) in [5, 5.41) is 6.56. The van der Waals surface area contributed by atoms with Crippen LogP contribution in [-0.4, -0.2) is 86.1 Å². The van der Waals surface area contributed by atoms with Crippen LogP contribution < -0.4 is 32.3 Å². The summed E-state index contributed by atoms with van der Waals surface area (Å²) in [5.74, 6) is -4.82. The minimum absolute atomic E-state index is 0.00447. The number of nitrogens with zero attached hydrogens (tertiary/aromatic N) is 6. The summed E-state index contributed by atoms with van der Waals surface area (Å²) in [6, 6.07) is 9.75. The first-order chi connectivity index (χ1) is 24.6. The fourth-order valence-corrected chi connectivity index (χ4v) is 5.20. The van der Waals surface area contributed by atoms with Crippen molar-refractivity contribution in [2.24, 2.45) is 0 Å². The summed E-state index contributed by atoms with van der Waals surface area (Å²) < 4.78 is 37.0. The van der Waals surface area contributed by atoms with Crippen molar-refractivity contribution in [2.75, 3.05) is 34.8 Å². The predicted octanol–water partition coefficient (Wildman–Crippen LogP) is 1.56. The molecule has 17 nitrogen and oxygen atoms in total. The second kappa shape index (κ2) is 15.0. The third-order valence-corrected chi connectivity index (χ3v) is 7.74. The van der Waals surface area contributed by atoms with Gasteiger partial charge in [0.05, 0.1) is 36.1 Å². The van der Waals surface area contributed by atoms with Gasteiger partial charge in [0.1, 0.15) is 0 Å². The summed E-state index contributed by atoms with van der Waals surface area (Å²) in [6.45, 7) is 0.869. The van der Waals surface area contributed by atoms with Gasteiger partial charge in [-0.15, -0.1) is 0 Å². The molecule has 3 heterocycles. The van der Waals surface area contributed by atoms with Crippen LogP contribution in [0, 0.1) is 0 Å². The van der Waals surface area contributed by atoms with Crippen molar-refractivity contribution in [3.8, 4) is 0 Å². The van der Waals surface area contributed by atoms with Crippen LogP contribution in [0.25, 0.3) is 11.2 Å². The molecule has 1 aliphatic heterocycles. The van der Waals surface area contributed by atoms with Crippen LogP contribution in [0.1, 0.15) is 56.5 Å². The lowest BCUT2D eigenvalue weighted by Gasteiger charge is -2.19. The zero-order valence-corrected chi connectivity index (χ0v) is 27.2. The maximum atomic E-state index is 13.0. The summed E-state index contributed by atoms with van der Waals surface area (Å²) in [7, 11) is 0. The molecule has 0 unspecified atom stereocenters. The van der Waals surface area contributed by atoms with Gasteiger partial charge in [0.15, 0.2) is 17.0 Å². The second-order valence-corrected chi connectivity index (χ2v) is 11.5. The molecule has 5 rings (SSSR count). The minimum Gasteiger partial charge on any atom is -0.382 e. The highest BCUT2D eigenvalue weighted by atomic mass is 19.4. The Labute approximate surface area is 292 Å². The van der Waals surface area contributed by atoms with Gasteiger partial charge in [-0.1, -0.05) is 0 Å². The fraction of sp³-hybridized carbons (Fsp3) is 0.250. The third-order valence-electron chi connectivity index (χ3n) is 7.74. The summed E-state index contributed by atoms with van der Waals surface area (Å²) in [4.78, 5) is 92.3. The molecule has 0 bridgehead atoms. The normalized spacial score (nSPS) is 13.0. The molecule has 6 amide bonds. The fourth-order valence-electron chi connectivity index (χ4n) is 5.20. The number of halogens is 3. The molecule has 0 saturated heterocycles. The molecule has 7 N–H and O–H groups in total. The Balaban J connectivity index is 1.10. The Morgan fingerprint density at radius 1 is 1.00 bits per heavy atom. The number of nitrogens with two attached hydrogens (primary N) is 2. The van der Waals surface area contributed by atoms with Gasteiger partial charge in [-0.05, 0) is 62.2 Å². The van der Waals surface area contributed by atoms with Crippen molar-refractivity contribution in [1.82, 2.24) is 35.5 Å². The summed E-state index contributed by atoms with van der Waals surface area (Å²) in [5.41, 5.74) is 13.2. The van der Waals surface area contributed by atoms with Crippen molar-refractivity contribution in [2.45, 2.75) is 38.5 Å². The van der Waals surface area contributed by atoms with E-state index in [9.17, 15) is 41.9 Å². The summed E-state index contributed by atoms with van der Waals surface area (Å²) >= 11 is 0. The van der Waals surface area contributed by atoms with Crippen molar-refractivity contribution in [3.05, 3.63) is 71.0 Å². The van der Waals surface area contributed by atoms with Crippen LogP contribution in [0.3, 0.4) is 0 Å². The molecule has 52 heavy (non-hydrogen) atoms. The van der Waals surface area contributed by atoms with Crippen LogP contribution in [0.4, 0.5) is 36.3 Å². The van der Waals surface area contributed by atoms with Gasteiger partial charge in [-0.25, -0.2) is 9.97 Å². The number of alkyl halides is 3. The lowest BCUT2D eigenvalue weighted by molar-refractivity contribution is -0.173. The van der Waals surface area contributed by atoms with E-state index in [2.05, 4.69) is 30.6 Å². The largest absolute Gasteiger partial charge is 0.471 e. The van der Waals surface area contributed by atoms with Crippen LogP contribution in [0.2, 0.25) is 0 Å². The molecular formula is C32H30F3N11O6. The van der Waals surface area contributed by atoms with Gasteiger partial charge in [0, 0.05) is 29.5 Å². The van der Waals surface area contributed by atoms with Crippen LogP contribution in [-0.2, 0) is 20.9 Å². The smallest absolute Gasteiger partial charge is 0.382 e. The highest BCUT2D eigenvalue weighted by Gasteiger charge is 2.39. The predicted molar refractivity (Wildman–Crippen MR) is 178 cm³/mol.